The molecule has 0 aromatic heterocycles. The van der Waals surface area contributed by atoms with Crippen molar-refractivity contribution in [1.82, 2.24) is 5.32 Å². The lowest BCUT2D eigenvalue weighted by Crippen LogP contribution is -2.14. The zero-order valence-electron chi connectivity index (χ0n) is 10.8. The Kier molecular flexibility index (Phi) is 6.16. The molecule has 2 aromatic carbocycles. The first-order chi connectivity index (χ1) is 9.05. The molecule has 0 fully saturated rings. The number of hydrogen-bond acceptors (Lipinski definition) is 3. The van der Waals surface area contributed by atoms with Crippen LogP contribution in [0.25, 0.3) is 0 Å². The molecule has 20 heavy (non-hydrogen) atoms. The quantitative estimate of drug-likeness (QED) is 0.887. The van der Waals surface area contributed by atoms with Crippen LogP contribution >= 0.6 is 12.4 Å². The van der Waals surface area contributed by atoms with Gasteiger partial charge in [-0.15, -0.1) is 12.4 Å². The molecule has 0 amide bonds. The lowest BCUT2D eigenvalue weighted by molar-refractivity contribution is 0.597. The lowest BCUT2D eigenvalue weighted by atomic mass is 10.2. The Morgan fingerprint density at radius 1 is 0.850 bits per heavy atom. The maximum atomic E-state index is 11.1. The number of halogens is 1. The Bertz CT molecular complexity index is 628. The SMILES string of the molecule is Cl.NS(=O)(=O)c1ccc(CNCc2ccccc2)cc1. The van der Waals surface area contributed by atoms with Crippen molar-refractivity contribution in [3.8, 4) is 0 Å². The molecular formula is C14H17ClN2O2S. The van der Waals surface area contributed by atoms with Crippen LogP contribution in [-0.4, -0.2) is 8.42 Å². The van der Waals surface area contributed by atoms with Crippen LogP contribution in [0.2, 0.25) is 0 Å². The molecule has 0 saturated carbocycles. The summed E-state index contributed by atoms with van der Waals surface area (Å²) in [5.41, 5.74) is 2.23. The summed E-state index contributed by atoms with van der Waals surface area (Å²) in [7, 11) is -3.60. The standard InChI is InChI=1S/C14H16N2O2S.ClH/c15-19(17,18)14-8-6-13(7-9-14)11-16-10-12-4-2-1-3-5-12;/h1-9,16H,10-11H2,(H2,15,17,18);1H. The van der Waals surface area contributed by atoms with Crippen molar-refractivity contribution in [3.05, 3.63) is 65.7 Å². The number of sulfonamides is 1. The minimum absolute atomic E-state index is 0. The molecule has 0 aliphatic heterocycles. The second-order valence-corrected chi connectivity index (χ2v) is 5.84. The van der Waals surface area contributed by atoms with Crippen molar-refractivity contribution in [2.24, 2.45) is 5.14 Å². The Labute approximate surface area is 125 Å². The monoisotopic (exact) mass is 312 g/mol. The van der Waals surface area contributed by atoms with Crippen LogP contribution in [0.5, 0.6) is 0 Å². The Hall–Kier alpha value is -1.40. The van der Waals surface area contributed by atoms with Crippen molar-refractivity contribution in [2.75, 3.05) is 0 Å². The van der Waals surface area contributed by atoms with Gasteiger partial charge >= 0.3 is 0 Å². The topological polar surface area (TPSA) is 72.2 Å². The third kappa shape index (κ3) is 4.94. The smallest absolute Gasteiger partial charge is 0.238 e. The predicted octanol–water partition coefficient (Wildman–Crippen LogP) is 2.05. The van der Waals surface area contributed by atoms with E-state index in [1.807, 2.05) is 18.2 Å². The fourth-order valence-corrected chi connectivity index (χ4v) is 2.26. The summed E-state index contributed by atoms with van der Waals surface area (Å²) in [6.45, 7) is 1.46. The Morgan fingerprint density at radius 2 is 1.35 bits per heavy atom. The summed E-state index contributed by atoms with van der Waals surface area (Å²) in [6.07, 6.45) is 0. The van der Waals surface area contributed by atoms with E-state index in [9.17, 15) is 8.42 Å². The molecule has 0 spiro atoms. The summed E-state index contributed by atoms with van der Waals surface area (Å²) in [5.74, 6) is 0. The van der Waals surface area contributed by atoms with Crippen molar-refractivity contribution in [3.63, 3.8) is 0 Å². The minimum atomic E-state index is -3.60. The van der Waals surface area contributed by atoms with Gasteiger partial charge in [-0.2, -0.15) is 0 Å². The Morgan fingerprint density at radius 3 is 1.85 bits per heavy atom. The number of nitrogens with one attached hydrogen (secondary N) is 1. The first-order valence-corrected chi connectivity index (χ1v) is 7.47. The number of rotatable bonds is 5. The molecule has 2 aromatic rings. The van der Waals surface area contributed by atoms with E-state index in [1.165, 1.54) is 17.7 Å². The molecule has 0 unspecified atom stereocenters. The summed E-state index contributed by atoms with van der Waals surface area (Å²) >= 11 is 0. The van der Waals surface area contributed by atoms with E-state index >= 15 is 0 Å². The highest BCUT2D eigenvalue weighted by Gasteiger charge is 2.06. The molecule has 0 bridgehead atoms. The second kappa shape index (κ2) is 7.40. The van der Waals surface area contributed by atoms with Crippen LogP contribution in [0, 0.1) is 0 Å². The molecular weight excluding hydrogens is 296 g/mol. The number of nitrogens with two attached hydrogens (primary N) is 1. The van der Waals surface area contributed by atoms with Gasteiger partial charge in [0.25, 0.3) is 0 Å². The van der Waals surface area contributed by atoms with E-state index < -0.39 is 10.0 Å². The van der Waals surface area contributed by atoms with E-state index in [0.717, 1.165) is 12.1 Å². The number of hydrogen-bond donors (Lipinski definition) is 2. The molecule has 0 atom stereocenters. The average Bonchev–Trinajstić information content (AvgIpc) is 2.39. The fourth-order valence-electron chi connectivity index (χ4n) is 1.74. The maximum Gasteiger partial charge on any atom is 0.238 e. The molecule has 0 heterocycles. The number of benzene rings is 2. The molecule has 0 aliphatic rings. The van der Waals surface area contributed by atoms with Gasteiger partial charge in [-0.3, -0.25) is 0 Å². The van der Waals surface area contributed by atoms with Gasteiger partial charge in [0.1, 0.15) is 0 Å². The summed E-state index contributed by atoms with van der Waals surface area (Å²) < 4.78 is 22.2. The largest absolute Gasteiger partial charge is 0.309 e. The van der Waals surface area contributed by atoms with Gasteiger partial charge in [-0.1, -0.05) is 42.5 Å². The molecule has 4 nitrogen and oxygen atoms in total. The number of primary sulfonamides is 1. The molecule has 0 saturated heterocycles. The summed E-state index contributed by atoms with van der Waals surface area (Å²) in [5, 5.41) is 8.34. The van der Waals surface area contributed by atoms with Gasteiger partial charge in [0.05, 0.1) is 4.90 Å². The highest BCUT2D eigenvalue weighted by atomic mass is 35.5. The summed E-state index contributed by atoms with van der Waals surface area (Å²) in [6, 6.07) is 16.7. The molecule has 3 N–H and O–H groups in total. The van der Waals surface area contributed by atoms with Crippen LogP contribution in [0.15, 0.2) is 59.5 Å². The normalized spacial score (nSPS) is 10.8. The van der Waals surface area contributed by atoms with Crippen LogP contribution < -0.4 is 10.5 Å². The van der Waals surface area contributed by atoms with E-state index in [2.05, 4.69) is 17.4 Å². The van der Waals surface area contributed by atoms with Crippen LogP contribution in [0.3, 0.4) is 0 Å². The molecule has 0 aliphatic carbocycles. The lowest BCUT2D eigenvalue weighted by Gasteiger charge is -2.06. The minimum Gasteiger partial charge on any atom is -0.309 e. The van der Waals surface area contributed by atoms with Crippen LogP contribution in [0.1, 0.15) is 11.1 Å². The summed E-state index contributed by atoms with van der Waals surface area (Å²) in [4.78, 5) is 0.138. The van der Waals surface area contributed by atoms with E-state index in [-0.39, 0.29) is 17.3 Å². The van der Waals surface area contributed by atoms with E-state index in [0.29, 0.717) is 6.54 Å². The average molecular weight is 313 g/mol. The highest BCUT2D eigenvalue weighted by Crippen LogP contribution is 2.08. The van der Waals surface area contributed by atoms with Gasteiger partial charge in [-0.25, -0.2) is 13.6 Å². The van der Waals surface area contributed by atoms with Crippen molar-refractivity contribution >= 4 is 22.4 Å². The van der Waals surface area contributed by atoms with Gasteiger partial charge in [0.2, 0.25) is 10.0 Å². The van der Waals surface area contributed by atoms with Crippen molar-refractivity contribution < 1.29 is 8.42 Å². The van der Waals surface area contributed by atoms with E-state index in [1.54, 1.807) is 12.1 Å². The van der Waals surface area contributed by atoms with Crippen LogP contribution in [-0.2, 0) is 23.1 Å². The zero-order valence-corrected chi connectivity index (χ0v) is 12.5. The van der Waals surface area contributed by atoms with E-state index in [4.69, 9.17) is 5.14 Å². The second-order valence-electron chi connectivity index (χ2n) is 4.28. The molecule has 6 heteroatoms. The molecule has 2 rings (SSSR count). The highest BCUT2D eigenvalue weighted by molar-refractivity contribution is 7.89. The van der Waals surface area contributed by atoms with Crippen molar-refractivity contribution in [2.45, 2.75) is 18.0 Å². The van der Waals surface area contributed by atoms with Gasteiger partial charge in [0.15, 0.2) is 0 Å². The maximum absolute atomic E-state index is 11.1. The van der Waals surface area contributed by atoms with Crippen molar-refractivity contribution in [1.29, 1.82) is 0 Å². The zero-order chi connectivity index (χ0) is 13.7. The van der Waals surface area contributed by atoms with Gasteiger partial charge < -0.3 is 5.32 Å². The van der Waals surface area contributed by atoms with Gasteiger partial charge in [0, 0.05) is 13.1 Å². The third-order valence-corrected chi connectivity index (χ3v) is 3.68. The molecule has 0 radical (unpaired) electrons. The molecule has 108 valence electrons. The van der Waals surface area contributed by atoms with Gasteiger partial charge in [-0.05, 0) is 23.3 Å². The first-order valence-electron chi connectivity index (χ1n) is 5.92. The predicted molar refractivity (Wildman–Crippen MR) is 82.0 cm³/mol. The first kappa shape index (κ1) is 16.7. The van der Waals surface area contributed by atoms with Crippen LogP contribution in [0.4, 0.5) is 0 Å². The third-order valence-electron chi connectivity index (χ3n) is 2.75. The Balaban J connectivity index is 0.00000200. The fraction of sp³-hybridized carbons (Fsp3) is 0.143.